The fourth-order valence-corrected chi connectivity index (χ4v) is 7.17. The van der Waals surface area contributed by atoms with E-state index in [4.69, 9.17) is 55.7 Å². The molecule has 1 atom stereocenters. The minimum absolute atomic E-state index is 0.0584. The molecule has 0 heterocycles. The number of nitrogens with zero attached hydrogens (tertiary/aromatic N) is 2. The average molecular weight is 593 g/mol. The minimum atomic E-state index is -3.53. The molecule has 0 saturated heterocycles. The molecule has 0 radical (unpaired) electrons. The number of thioether (sulfide) groups is 1. The van der Waals surface area contributed by atoms with Crippen molar-refractivity contribution < 1.29 is 28.5 Å². The molecule has 0 saturated carbocycles. The van der Waals surface area contributed by atoms with Gasteiger partial charge in [-0.1, -0.05) is 0 Å². The molecule has 1 amide bonds. The monoisotopic (exact) mass is 591 g/mol. The summed E-state index contributed by atoms with van der Waals surface area (Å²) in [4.78, 5) is 23.3. The van der Waals surface area contributed by atoms with E-state index in [0.717, 1.165) is 0 Å². The zero-order chi connectivity index (χ0) is 25.5. The number of ether oxygens (including phenoxy) is 1. The van der Waals surface area contributed by atoms with Gasteiger partial charge in [0.1, 0.15) is 11.6 Å². The highest BCUT2D eigenvalue weighted by molar-refractivity contribution is 7.99. The number of rotatable bonds is 18. The molecule has 0 aliphatic rings. The fraction of sp³-hybridized carbons (Fsp3) is 0.889. The van der Waals surface area contributed by atoms with Crippen LogP contribution in [0.15, 0.2) is 0 Å². The van der Waals surface area contributed by atoms with Gasteiger partial charge in [-0.25, -0.2) is 18.9 Å². The van der Waals surface area contributed by atoms with E-state index in [2.05, 4.69) is 5.32 Å². The van der Waals surface area contributed by atoms with Gasteiger partial charge < -0.3 is 19.7 Å². The van der Waals surface area contributed by atoms with Crippen LogP contribution < -0.4 is 5.32 Å². The summed E-state index contributed by atoms with van der Waals surface area (Å²) in [5, 5.41) is 11.7. The van der Waals surface area contributed by atoms with E-state index in [1.54, 1.807) is 30.1 Å². The number of carboxylic acid groups (broad SMARTS) is 1. The molecule has 0 fully saturated rings. The van der Waals surface area contributed by atoms with Crippen LogP contribution in [0.5, 0.6) is 0 Å². The topological polar surface area (TPSA) is 108 Å². The number of halogens is 4. The van der Waals surface area contributed by atoms with Crippen LogP contribution in [0.3, 0.4) is 0 Å². The standard InChI is InChI=1S/C18H34Cl4N3O6PS/c1-18(2,3)31-17(28)23-15(16(26)27)14-33-13-12-30-32(29,24(8-4-19)9-5-20)25(10-6-21)11-7-22/h15H,4-14H2,1-3H3,(H,23,28)(H,26,27)/t15-/m0/s1. The summed E-state index contributed by atoms with van der Waals surface area (Å²) in [6.07, 6.45) is -0.813. The van der Waals surface area contributed by atoms with Gasteiger partial charge in [0, 0.05) is 61.2 Å². The lowest BCUT2D eigenvalue weighted by molar-refractivity contribution is -0.138. The molecular formula is C18H34Cl4N3O6PS. The first kappa shape index (κ1) is 33.4. The van der Waals surface area contributed by atoms with E-state index in [-0.39, 0.29) is 35.9 Å². The second-order valence-electron chi connectivity index (χ2n) is 7.60. The Morgan fingerprint density at radius 1 is 1.00 bits per heavy atom. The number of amides is 1. The molecule has 0 aliphatic heterocycles. The van der Waals surface area contributed by atoms with Crippen LogP contribution >= 0.6 is 65.8 Å². The number of hydrogen-bond acceptors (Lipinski definition) is 6. The van der Waals surface area contributed by atoms with Crippen molar-refractivity contribution >= 4 is 77.9 Å². The predicted molar refractivity (Wildman–Crippen MR) is 138 cm³/mol. The maximum atomic E-state index is 13.9. The Labute approximate surface area is 220 Å². The summed E-state index contributed by atoms with van der Waals surface area (Å²) in [5.41, 5.74) is -0.745. The van der Waals surface area contributed by atoms with Gasteiger partial charge in [0.05, 0.1) is 6.61 Å². The Bertz CT molecular complexity index is 600. The highest BCUT2D eigenvalue weighted by Crippen LogP contribution is 2.54. The molecule has 0 unspecified atom stereocenters. The summed E-state index contributed by atoms with van der Waals surface area (Å²) in [5.74, 6) is 0.121. The number of carboxylic acids is 1. The molecule has 0 spiro atoms. The molecule has 33 heavy (non-hydrogen) atoms. The molecule has 0 aromatic carbocycles. The van der Waals surface area contributed by atoms with Crippen LogP contribution in [-0.4, -0.2) is 106 Å². The van der Waals surface area contributed by atoms with Gasteiger partial charge in [-0.2, -0.15) is 11.8 Å². The minimum Gasteiger partial charge on any atom is -0.480 e. The summed E-state index contributed by atoms with van der Waals surface area (Å²) < 4.78 is 28.0. The smallest absolute Gasteiger partial charge is 0.408 e. The van der Waals surface area contributed by atoms with Crippen molar-refractivity contribution in [2.75, 3.05) is 67.8 Å². The second-order valence-corrected chi connectivity index (χ2v) is 12.6. The number of nitrogens with one attached hydrogen (secondary N) is 1. The zero-order valence-corrected chi connectivity index (χ0v) is 23.8. The van der Waals surface area contributed by atoms with Gasteiger partial charge >= 0.3 is 19.7 Å². The number of carbonyl (C=O) groups is 2. The van der Waals surface area contributed by atoms with Crippen molar-refractivity contribution in [2.24, 2.45) is 0 Å². The Morgan fingerprint density at radius 3 is 1.82 bits per heavy atom. The van der Waals surface area contributed by atoms with Crippen molar-refractivity contribution in [1.82, 2.24) is 14.7 Å². The lowest BCUT2D eigenvalue weighted by atomic mass is 10.2. The average Bonchev–Trinajstić information content (AvgIpc) is 2.70. The van der Waals surface area contributed by atoms with Gasteiger partial charge in [0.2, 0.25) is 0 Å². The van der Waals surface area contributed by atoms with E-state index in [1.807, 2.05) is 0 Å². The van der Waals surface area contributed by atoms with E-state index >= 15 is 0 Å². The molecule has 196 valence electrons. The first-order chi connectivity index (χ1) is 15.4. The third kappa shape index (κ3) is 13.9. The Balaban J connectivity index is 5.06. The largest absolute Gasteiger partial charge is 0.480 e. The number of aliphatic carboxylic acids is 1. The number of carbonyl (C=O) groups excluding carboxylic acids is 1. The van der Waals surface area contributed by atoms with Crippen molar-refractivity contribution in [1.29, 1.82) is 0 Å². The van der Waals surface area contributed by atoms with Crippen LogP contribution in [0.25, 0.3) is 0 Å². The molecule has 15 heteroatoms. The highest BCUT2D eigenvalue weighted by Gasteiger charge is 2.37. The van der Waals surface area contributed by atoms with Crippen LogP contribution in [0.1, 0.15) is 20.8 Å². The third-order valence-electron chi connectivity index (χ3n) is 3.85. The van der Waals surface area contributed by atoms with Crippen LogP contribution in [0, 0.1) is 0 Å². The van der Waals surface area contributed by atoms with Gasteiger partial charge in [0.15, 0.2) is 0 Å². The van der Waals surface area contributed by atoms with Crippen LogP contribution in [0.2, 0.25) is 0 Å². The fourth-order valence-electron chi connectivity index (χ4n) is 2.50. The molecule has 2 N–H and O–H groups in total. The SMILES string of the molecule is CC(C)(C)OC(=O)N[C@@H](CSCCOP(=O)(N(CCCl)CCCl)N(CCCl)CCCl)C(=O)O. The summed E-state index contributed by atoms with van der Waals surface area (Å²) in [6.45, 7) is 6.28. The first-order valence-corrected chi connectivity index (χ1v) is 15.1. The van der Waals surface area contributed by atoms with Crippen molar-refractivity contribution in [2.45, 2.75) is 32.4 Å². The van der Waals surface area contributed by atoms with E-state index in [1.165, 1.54) is 11.8 Å². The van der Waals surface area contributed by atoms with Crippen molar-refractivity contribution in [3.8, 4) is 0 Å². The van der Waals surface area contributed by atoms with Gasteiger partial charge in [-0.05, 0) is 20.8 Å². The number of alkyl halides is 4. The molecule has 0 bridgehead atoms. The van der Waals surface area contributed by atoms with E-state index < -0.39 is 31.4 Å². The van der Waals surface area contributed by atoms with Crippen molar-refractivity contribution in [3.05, 3.63) is 0 Å². The van der Waals surface area contributed by atoms with E-state index in [9.17, 15) is 19.3 Å². The normalized spacial score (nSPS) is 13.4. The van der Waals surface area contributed by atoms with Gasteiger partial charge in [0.25, 0.3) is 0 Å². The number of hydrogen-bond donors (Lipinski definition) is 2. The zero-order valence-electron chi connectivity index (χ0n) is 19.1. The molecule has 0 aromatic rings. The van der Waals surface area contributed by atoms with Gasteiger partial charge in [-0.15, -0.1) is 46.4 Å². The third-order valence-corrected chi connectivity index (χ3v) is 8.30. The lowest BCUT2D eigenvalue weighted by Crippen LogP contribution is -2.45. The Kier molecular flexibility index (Phi) is 17.9. The lowest BCUT2D eigenvalue weighted by Gasteiger charge is -2.37. The highest BCUT2D eigenvalue weighted by atomic mass is 35.5. The molecule has 9 nitrogen and oxygen atoms in total. The maximum Gasteiger partial charge on any atom is 0.408 e. The molecule has 0 aromatic heterocycles. The Hall–Kier alpha value is 0.360. The molecular weight excluding hydrogens is 559 g/mol. The molecule has 0 aliphatic carbocycles. The van der Waals surface area contributed by atoms with Crippen molar-refractivity contribution in [3.63, 3.8) is 0 Å². The second kappa shape index (κ2) is 17.7. The summed E-state index contributed by atoms with van der Waals surface area (Å²) in [6, 6.07) is -1.15. The van der Waals surface area contributed by atoms with E-state index in [0.29, 0.717) is 31.9 Å². The predicted octanol–water partition coefficient (Wildman–Crippen LogP) is 4.38. The van der Waals surface area contributed by atoms with Crippen LogP contribution in [-0.2, 0) is 18.6 Å². The maximum absolute atomic E-state index is 13.9. The Morgan fingerprint density at radius 2 is 1.45 bits per heavy atom. The first-order valence-electron chi connectivity index (χ1n) is 10.2. The van der Waals surface area contributed by atoms with Crippen LogP contribution in [0.4, 0.5) is 4.79 Å². The van der Waals surface area contributed by atoms with Gasteiger partial charge in [-0.3, -0.25) is 4.57 Å². The quantitative estimate of drug-likeness (QED) is 0.136. The number of alkyl carbamates (subject to hydrolysis) is 1. The summed E-state index contributed by atoms with van der Waals surface area (Å²) in [7, 11) is -3.53. The summed E-state index contributed by atoms with van der Waals surface area (Å²) >= 11 is 24.8. The molecule has 0 rings (SSSR count).